The molecule has 7 heteroatoms. The molecule has 3 heterocycles. The average Bonchev–Trinajstić information content (AvgIpc) is 2.90. The Morgan fingerprint density at radius 3 is 3.32 bits per heavy atom. The molecule has 1 amide bonds. The largest absolute Gasteiger partial charge is 0.381 e. The lowest BCUT2D eigenvalue weighted by atomic mass is 10.0. The van der Waals surface area contributed by atoms with Crippen LogP contribution in [0.5, 0.6) is 0 Å². The maximum Gasteiger partial charge on any atom is 0.291 e. The van der Waals surface area contributed by atoms with Crippen LogP contribution in [0.15, 0.2) is 18.5 Å². The lowest BCUT2D eigenvalue weighted by molar-refractivity contribution is 0.0535. The van der Waals surface area contributed by atoms with Crippen molar-refractivity contribution < 1.29 is 9.53 Å². The van der Waals surface area contributed by atoms with Crippen molar-refractivity contribution in [3.8, 4) is 0 Å². The highest BCUT2D eigenvalue weighted by Gasteiger charge is 2.17. The first kappa shape index (κ1) is 12.0. The number of ether oxygens (including phenoxy) is 1. The van der Waals surface area contributed by atoms with E-state index < -0.39 is 0 Å². The summed E-state index contributed by atoms with van der Waals surface area (Å²) < 4.78 is 6.86. The fraction of sp³-hybridized carbons (Fsp3) is 0.500. The van der Waals surface area contributed by atoms with Crippen LogP contribution in [0.2, 0.25) is 0 Å². The second-order valence-electron chi connectivity index (χ2n) is 4.59. The molecule has 1 N–H and O–H groups in total. The van der Waals surface area contributed by atoms with Gasteiger partial charge in [0, 0.05) is 25.5 Å². The molecule has 2 aromatic heterocycles. The van der Waals surface area contributed by atoms with Gasteiger partial charge in [-0.2, -0.15) is 4.98 Å². The molecular weight excluding hydrogens is 246 g/mol. The van der Waals surface area contributed by atoms with Crippen LogP contribution in [0.3, 0.4) is 0 Å². The van der Waals surface area contributed by atoms with Crippen molar-refractivity contribution in [1.29, 1.82) is 0 Å². The van der Waals surface area contributed by atoms with Crippen LogP contribution < -0.4 is 5.32 Å². The molecule has 3 rings (SSSR count). The van der Waals surface area contributed by atoms with Gasteiger partial charge >= 0.3 is 0 Å². The molecule has 1 saturated heterocycles. The molecule has 0 aliphatic carbocycles. The maximum atomic E-state index is 11.9. The zero-order chi connectivity index (χ0) is 13.1. The van der Waals surface area contributed by atoms with E-state index in [1.54, 1.807) is 18.5 Å². The molecule has 2 aromatic rings. The van der Waals surface area contributed by atoms with E-state index in [2.05, 4.69) is 20.4 Å². The zero-order valence-corrected chi connectivity index (χ0v) is 10.5. The van der Waals surface area contributed by atoms with Crippen LogP contribution >= 0.6 is 0 Å². The van der Waals surface area contributed by atoms with E-state index in [1.807, 2.05) is 0 Å². The minimum atomic E-state index is -0.268. The molecule has 7 nitrogen and oxygen atoms in total. The van der Waals surface area contributed by atoms with Crippen LogP contribution in [-0.2, 0) is 4.74 Å². The quantitative estimate of drug-likeness (QED) is 0.858. The summed E-state index contributed by atoms with van der Waals surface area (Å²) in [6.07, 6.45) is 5.46. The van der Waals surface area contributed by atoms with Gasteiger partial charge < -0.3 is 10.1 Å². The summed E-state index contributed by atoms with van der Waals surface area (Å²) in [7, 11) is 0. The summed E-state index contributed by atoms with van der Waals surface area (Å²) in [6.45, 7) is 2.13. The zero-order valence-electron chi connectivity index (χ0n) is 10.5. The van der Waals surface area contributed by atoms with Crippen LogP contribution in [0.1, 0.15) is 23.5 Å². The van der Waals surface area contributed by atoms with E-state index in [1.165, 1.54) is 4.52 Å². The minimum Gasteiger partial charge on any atom is -0.381 e. The molecule has 1 aliphatic rings. The van der Waals surface area contributed by atoms with Gasteiger partial charge in [0.15, 0.2) is 0 Å². The molecule has 0 bridgehead atoms. The van der Waals surface area contributed by atoms with Crippen molar-refractivity contribution in [2.45, 2.75) is 12.8 Å². The first-order valence-corrected chi connectivity index (χ1v) is 6.36. The normalized spacial score (nSPS) is 19.5. The molecule has 1 atom stereocenters. The molecule has 0 radical (unpaired) electrons. The predicted octanol–water partition coefficient (Wildman–Crippen LogP) is 0.281. The van der Waals surface area contributed by atoms with Crippen molar-refractivity contribution in [2.24, 2.45) is 5.92 Å². The average molecular weight is 261 g/mol. The van der Waals surface area contributed by atoms with Gasteiger partial charge in [0.2, 0.25) is 5.82 Å². The third kappa shape index (κ3) is 2.70. The molecular formula is C12H15N5O2. The molecule has 100 valence electrons. The first-order valence-electron chi connectivity index (χ1n) is 6.36. The van der Waals surface area contributed by atoms with Gasteiger partial charge in [-0.05, 0) is 24.8 Å². The Bertz CT molecular complexity index is 543. The molecule has 0 saturated carbocycles. The van der Waals surface area contributed by atoms with Crippen LogP contribution in [0.25, 0.3) is 5.78 Å². The Morgan fingerprint density at radius 2 is 2.53 bits per heavy atom. The van der Waals surface area contributed by atoms with E-state index in [9.17, 15) is 4.79 Å². The Morgan fingerprint density at radius 1 is 1.58 bits per heavy atom. The van der Waals surface area contributed by atoms with E-state index >= 15 is 0 Å². The lowest BCUT2D eigenvalue weighted by Crippen LogP contribution is -2.33. The summed E-state index contributed by atoms with van der Waals surface area (Å²) in [5.74, 6) is 0.688. The van der Waals surface area contributed by atoms with Gasteiger partial charge in [-0.25, -0.2) is 9.50 Å². The molecule has 0 spiro atoms. The number of rotatable bonds is 3. The molecule has 1 unspecified atom stereocenters. The first-order chi connectivity index (χ1) is 9.33. The number of carbonyl (C=O) groups is 1. The molecule has 19 heavy (non-hydrogen) atoms. The van der Waals surface area contributed by atoms with E-state index in [-0.39, 0.29) is 11.7 Å². The van der Waals surface area contributed by atoms with Crippen molar-refractivity contribution >= 4 is 11.7 Å². The third-order valence-electron chi connectivity index (χ3n) is 3.13. The summed E-state index contributed by atoms with van der Waals surface area (Å²) in [4.78, 5) is 20.0. The topological polar surface area (TPSA) is 81.4 Å². The Balaban J connectivity index is 1.63. The number of aromatic nitrogens is 4. The highest BCUT2D eigenvalue weighted by atomic mass is 16.5. The predicted molar refractivity (Wildman–Crippen MR) is 66.7 cm³/mol. The van der Waals surface area contributed by atoms with Crippen molar-refractivity contribution in [3.05, 3.63) is 24.3 Å². The van der Waals surface area contributed by atoms with Gasteiger partial charge in [0.05, 0.1) is 6.61 Å². The van der Waals surface area contributed by atoms with Gasteiger partial charge in [-0.3, -0.25) is 4.79 Å². The highest BCUT2D eigenvalue weighted by molar-refractivity contribution is 5.90. The van der Waals surface area contributed by atoms with Gasteiger partial charge in [-0.15, -0.1) is 5.10 Å². The van der Waals surface area contributed by atoms with E-state index in [4.69, 9.17) is 4.74 Å². The summed E-state index contributed by atoms with van der Waals surface area (Å²) in [6, 6.07) is 1.74. The van der Waals surface area contributed by atoms with Gasteiger partial charge in [0.25, 0.3) is 11.7 Å². The molecule has 1 fully saturated rings. The second kappa shape index (κ2) is 5.31. The lowest BCUT2D eigenvalue weighted by Gasteiger charge is -2.21. The standard InChI is InChI=1S/C12H15N5O2/c18-11(14-7-9-3-1-6-19-8-9)10-15-12-13-4-2-5-17(12)16-10/h2,4-5,9H,1,3,6-8H2,(H,14,18). The number of nitrogens with one attached hydrogen (secondary N) is 1. The number of carbonyl (C=O) groups excluding carboxylic acids is 1. The number of fused-ring (bicyclic) bond motifs is 1. The Hall–Kier alpha value is -2.02. The SMILES string of the molecule is O=C(NCC1CCCOC1)c1nc2ncccn2n1. The third-order valence-corrected chi connectivity index (χ3v) is 3.13. The fourth-order valence-electron chi connectivity index (χ4n) is 2.11. The Kier molecular flexibility index (Phi) is 3.37. The van der Waals surface area contributed by atoms with Crippen LogP contribution in [0.4, 0.5) is 0 Å². The van der Waals surface area contributed by atoms with Gasteiger partial charge in [0.1, 0.15) is 0 Å². The van der Waals surface area contributed by atoms with Crippen molar-refractivity contribution in [2.75, 3.05) is 19.8 Å². The monoisotopic (exact) mass is 261 g/mol. The minimum absolute atomic E-state index is 0.149. The van der Waals surface area contributed by atoms with E-state index in [0.29, 0.717) is 24.8 Å². The summed E-state index contributed by atoms with van der Waals surface area (Å²) in [5, 5.41) is 6.92. The Labute approximate surface area is 110 Å². The number of amides is 1. The van der Waals surface area contributed by atoms with Crippen LogP contribution in [0, 0.1) is 5.92 Å². The second-order valence-corrected chi connectivity index (χ2v) is 4.59. The fourth-order valence-corrected chi connectivity index (χ4v) is 2.11. The van der Waals surface area contributed by atoms with Crippen molar-refractivity contribution in [1.82, 2.24) is 24.9 Å². The smallest absolute Gasteiger partial charge is 0.291 e. The molecule has 1 aliphatic heterocycles. The highest BCUT2D eigenvalue weighted by Crippen LogP contribution is 2.12. The van der Waals surface area contributed by atoms with Crippen molar-refractivity contribution in [3.63, 3.8) is 0 Å². The van der Waals surface area contributed by atoms with Crippen LogP contribution in [-0.4, -0.2) is 45.2 Å². The maximum absolute atomic E-state index is 11.9. The molecule has 0 aromatic carbocycles. The number of hydrogen-bond acceptors (Lipinski definition) is 5. The van der Waals surface area contributed by atoms with E-state index in [0.717, 1.165) is 19.4 Å². The summed E-state index contributed by atoms with van der Waals surface area (Å²) >= 11 is 0. The number of nitrogens with zero attached hydrogens (tertiary/aromatic N) is 4. The van der Waals surface area contributed by atoms with Gasteiger partial charge in [-0.1, -0.05) is 0 Å². The summed E-state index contributed by atoms with van der Waals surface area (Å²) in [5.41, 5.74) is 0. The number of hydrogen-bond donors (Lipinski definition) is 1.